The van der Waals surface area contributed by atoms with Crippen molar-refractivity contribution < 1.29 is 30.3 Å². The van der Waals surface area contributed by atoms with E-state index in [-0.39, 0.29) is 6.61 Å². The molecule has 1 fully saturated rings. The van der Waals surface area contributed by atoms with E-state index in [9.17, 15) is 5.11 Å². The third kappa shape index (κ3) is 1.45. The largest absolute Gasteiger partial charge is 0.391 e. The normalized spacial score (nSPS) is 49.2. The Balaban J connectivity index is 2.71. The first-order chi connectivity index (χ1) is 5.51. The van der Waals surface area contributed by atoms with Crippen LogP contribution in [0.3, 0.4) is 0 Å². The van der Waals surface area contributed by atoms with E-state index in [0.717, 1.165) is 0 Å². The molecule has 0 saturated carbocycles. The molecule has 1 rings (SSSR count). The molecule has 0 aliphatic carbocycles. The second-order valence-electron chi connectivity index (χ2n) is 2.82. The first kappa shape index (κ1) is 9.85. The van der Waals surface area contributed by atoms with Crippen LogP contribution in [0, 0.1) is 0 Å². The molecule has 0 amide bonds. The number of aliphatic hydroxyl groups excluding tert-OH is 4. The molecule has 5 N–H and O–H groups in total. The van der Waals surface area contributed by atoms with E-state index in [2.05, 4.69) is 4.74 Å². The molecule has 1 saturated heterocycles. The topological polar surface area (TPSA) is 110 Å². The van der Waals surface area contributed by atoms with Crippen molar-refractivity contribution in [3.05, 3.63) is 0 Å². The van der Waals surface area contributed by atoms with E-state index in [1.807, 2.05) is 0 Å². The van der Waals surface area contributed by atoms with Crippen LogP contribution < -0.4 is 0 Å². The maximum absolute atomic E-state index is 9.24. The molecule has 4 atom stereocenters. The molecule has 1 heterocycles. The summed E-state index contributed by atoms with van der Waals surface area (Å²) in [4.78, 5) is 0. The molecule has 0 aromatic heterocycles. The smallest absolute Gasteiger partial charge is 0.218 e. The van der Waals surface area contributed by atoms with Crippen molar-refractivity contribution >= 4 is 0 Å². The van der Waals surface area contributed by atoms with Crippen LogP contribution in [0.2, 0.25) is 0 Å². The molecule has 0 aromatic rings. The van der Waals surface area contributed by atoms with Gasteiger partial charge in [-0.2, -0.15) is 0 Å². The quantitative estimate of drug-likeness (QED) is 0.290. The highest BCUT2D eigenvalue weighted by atomic mass is 16.7. The third-order valence-corrected chi connectivity index (χ3v) is 1.91. The van der Waals surface area contributed by atoms with Crippen LogP contribution in [0.25, 0.3) is 0 Å². The summed E-state index contributed by atoms with van der Waals surface area (Å²) in [7, 11) is 0. The lowest BCUT2D eigenvalue weighted by Crippen LogP contribution is -2.62. The second kappa shape index (κ2) is 3.25. The van der Waals surface area contributed by atoms with E-state index in [0.29, 0.717) is 0 Å². The first-order valence-corrected chi connectivity index (χ1v) is 3.52. The molecule has 0 radical (unpaired) electrons. The van der Waals surface area contributed by atoms with Gasteiger partial charge in [0.1, 0.15) is 18.3 Å². The van der Waals surface area contributed by atoms with Gasteiger partial charge in [0.15, 0.2) is 0 Å². The molecular weight excluding hydrogens is 168 g/mol. The van der Waals surface area contributed by atoms with Crippen molar-refractivity contribution in [2.24, 2.45) is 0 Å². The second-order valence-corrected chi connectivity index (χ2v) is 2.82. The lowest BCUT2D eigenvalue weighted by Gasteiger charge is -2.40. The minimum atomic E-state index is -2.17. The summed E-state index contributed by atoms with van der Waals surface area (Å²) >= 11 is 0. The maximum Gasteiger partial charge on any atom is 0.218 e. The van der Waals surface area contributed by atoms with Gasteiger partial charge in [0, 0.05) is 0 Å². The fraction of sp³-hybridized carbons (Fsp3) is 1.00. The Morgan fingerprint density at radius 2 is 1.92 bits per heavy atom. The van der Waals surface area contributed by atoms with Gasteiger partial charge in [0.25, 0.3) is 0 Å². The highest BCUT2D eigenvalue weighted by molar-refractivity contribution is 4.90. The van der Waals surface area contributed by atoms with Gasteiger partial charge < -0.3 is 30.3 Å². The Labute approximate surface area is 68.6 Å². The van der Waals surface area contributed by atoms with E-state index >= 15 is 0 Å². The summed E-state index contributed by atoms with van der Waals surface area (Å²) in [5.74, 6) is -2.17. The molecule has 0 aromatic carbocycles. The lowest BCUT2D eigenvalue weighted by molar-refractivity contribution is -0.331. The maximum atomic E-state index is 9.24. The molecule has 1 aliphatic heterocycles. The summed E-state index contributed by atoms with van der Waals surface area (Å²) in [5.41, 5.74) is 0. The van der Waals surface area contributed by atoms with Crippen LogP contribution in [-0.4, -0.2) is 62.8 Å². The van der Waals surface area contributed by atoms with Gasteiger partial charge in [0.05, 0.1) is 13.2 Å². The van der Waals surface area contributed by atoms with Crippen molar-refractivity contribution in [3.8, 4) is 0 Å². The van der Waals surface area contributed by atoms with Crippen molar-refractivity contribution in [2.45, 2.75) is 24.1 Å². The van der Waals surface area contributed by atoms with E-state index in [1.54, 1.807) is 0 Å². The zero-order valence-corrected chi connectivity index (χ0v) is 6.29. The number of aliphatic hydroxyl groups is 5. The zero-order valence-electron chi connectivity index (χ0n) is 6.29. The molecule has 0 bridgehead atoms. The summed E-state index contributed by atoms with van der Waals surface area (Å²) in [5, 5.41) is 45.0. The number of hydrogen-bond acceptors (Lipinski definition) is 6. The molecule has 2 unspecified atom stereocenters. The molecule has 12 heavy (non-hydrogen) atoms. The SMILES string of the molecule is OCC1(O)OC[C@@H](O)[C@@H](O)C1O. The Morgan fingerprint density at radius 3 is 2.42 bits per heavy atom. The first-order valence-electron chi connectivity index (χ1n) is 3.52. The van der Waals surface area contributed by atoms with Crippen molar-refractivity contribution in [3.63, 3.8) is 0 Å². The van der Waals surface area contributed by atoms with Gasteiger partial charge in [-0.25, -0.2) is 0 Å². The minimum absolute atomic E-state index is 0.324. The van der Waals surface area contributed by atoms with Gasteiger partial charge >= 0.3 is 0 Å². The average Bonchev–Trinajstić information content (AvgIpc) is 2.09. The van der Waals surface area contributed by atoms with Crippen molar-refractivity contribution in [1.29, 1.82) is 0 Å². The molecule has 0 spiro atoms. The molecule has 6 nitrogen and oxygen atoms in total. The summed E-state index contributed by atoms with van der Waals surface area (Å²) in [6.45, 7) is -1.16. The minimum Gasteiger partial charge on any atom is -0.391 e. The van der Waals surface area contributed by atoms with Gasteiger partial charge in [-0.3, -0.25) is 0 Å². The fourth-order valence-electron chi connectivity index (χ4n) is 1.03. The van der Waals surface area contributed by atoms with Crippen LogP contribution in [0.15, 0.2) is 0 Å². The van der Waals surface area contributed by atoms with Crippen molar-refractivity contribution in [1.82, 2.24) is 0 Å². The highest BCUT2D eigenvalue weighted by Crippen LogP contribution is 2.22. The van der Waals surface area contributed by atoms with Gasteiger partial charge in [-0.15, -0.1) is 0 Å². The molecule has 6 heteroatoms. The predicted molar refractivity (Wildman–Crippen MR) is 36.0 cm³/mol. The average molecular weight is 180 g/mol. The molecular formula is C6H12O6. The van der Waals surface area contributed by atoms with Crippen LogP contribution in [0.1, 0.15) is 0 Å². The zero-order chi connectivity index (χ0) is 9.35. The van der Waals surface area contributed by atoms with E-state index in [1.165, 1.54) is 0 Å². The lowest BCUT2D eigenvalue weighted by atomic mass is 9.98. The Kier molecular flexibility index (Phi) is 2.67. The number of rotatable bonds is 1. The van der Waals surface area contributed by atoms with Gasteiger partial charge in [0.2, 0.25) is 5.79 Å². The number of hydrogen-bond donors (Lipinski definition) is 5. The Bertz CT molecular complexity index is 162. The third-order valence-electron chi connectivity index (χ3n) is 1.91. The summed E-state index contributed by atoms with van der Waals surface area (Å²) in [6, 6.07) is 0. The monoisotopic (exact) mass is 180 g/mol. The van der Waals surface area contributed by atoms with E-state index < -0.39 is 30.7 Å². The van der Waals surface area contributed by atoms with Crippen LogP contribution in [0.4, 0.5) is 0 Å². The van der Waals surface area contributed by atoms with Gasteiger partial charge in [-0.05, 0) is 0 Å². The standard InChI is InChI=1S/C6H12O6/c7-2-6(11)5(10)4(9)3(8)1-12-6/h3-5,7-11H,1-2H2/t3-,4-,5?,6?/m1/s1. The molecule has 72 valence electrons. The van der Waals surface area contributed by atoms with Crippen LogP contribution in [-0.2, 0) is 4.74 Å². The van der Waals surface area contributed by atoms with Crippen molar-refractivity contribution in [2.75, 3.05) is 13.2 Å². The van der Waals surface area contributed by atoms with Crippen LogP contribution >= 0.6 is 0 Å². The Morgan fingerprint density at radius 1 is 1.33 bits per heavy atom. The van der Waals surface area contributed by atoms with E-state index in [4.69, 9.17) is 20.4 Å². The predicted octanol–water partition coefficient (Wildman–Crippen LogP) is -3.22. The fourth-order valence-corrected chi connectivity index (χ4v) is 1.03. The van der Waals surface area contributed by atoms with Crippen LogP contribution in [0.5, 0.6) is 0 Å². The highest BCUT2D eigenvalue weighted by Gasteiger charge is 2.47. The summed E-state index contributed by atoms with van der Waals surface area (Å²) < 4.78 is 4.56. The Hall–Kier alpha value is -0.240. The summed E-state index contributed by atoms with van der Waals surface area (Å²) in [6.07, 6.45) is -4.45. The molecule has 1 aliphatic rings. The van der Waals surface area contributed by atoms with Gasteiger partial charge in [-0.1, -0.05) is 0 Å². The number of ether oxygens (including phenoxy) is 1.